The maximum atomic E-state index is 12.0. The summed E-state index contributed by atoms with van der Waals surface area (Å²) in [4.78, 5) is 23.0. The van der Waals surface area contributed by atoms with E-state index in [1.165, 1.54) is 7.11 Å². The van der Waals surface area contributed by atoms with Crippen molar-refractivity contribution in [3.8, 4) is 5.69 Å². The summed E-state index contributed by atoms with van der Waals surface area (Å²) in [5.74, 6) is -0.284. The molecule has 5 rings (SSSR count). The first kappa shape index (κ1) is 24.9. The zero-order valence-corrected chi connectivity index (χ0v) is 21.8. The lowest BCUT2D eigenvalue weighted by Gasteiger charge is -2.29. The van der Waals surface area contributed by atoms with Crippen molar-refractivity contribution < 1.29 is 9.53 Å². The number of carbonyl (C=O) groups is 1. The molecule has 0 radical (unpaired) electrons. The number of aryl methyl sites for hydroxylation is 1. The summed E-state index contributed by atoms with van der Waals surface area (Å²) < 4.78 is 7.08. The van der Waals surface area contributed by atoms with Crippen LogP contribution in [0.4, 0.5) is 11.4 Å². The molecule has 1 saturated heterocycles. The Kier molecular flexibility index (Phi) is 7.18. The van der Waals surface area contributed by atoms with E-state index in [-0.39, 0.29) is 24.6 Å². The topological polar surface area (TPSA) is 84.3 Å². The van der Waals surface area contributed by atoms with Crippen molar-refractivity contribution in [3.63, 3.8) is 0 Å². The van der Waals surface area contributed by atoms with Gasteiger partial charge in [-0.15, -0.1) is 0 Å². The molecule has 2 N–H and O–H groups in total. The SMILES string of the molecule is COCC(=O)Nc1ccc(N2C(=S)N[C@H](c3ccccn3)[C@@H]2c2ccc(C)n2-c2cccnc2)cc1Cl. The van der Waals surface area contributed by atoms with E-state index in [4.69, 9.17) is 28.6 Å². The van der Waals surface area contributed by atoms with E-state index in [1.807, 2.05) is 47.5 Å². The van der Waals surface area contributed by atoms with E-state index < -0.39 is 0 Å². The van der Waals surface area contributed by atoms with Crippen molar-refractivity contribution in [1.82, 2.24) is 19.9 Å². The van der Waals surface area contributed by atoms with Gasteiger partial charge in [0.2, 0.25) is 5.91 Å². The number of halogens is 1. The number of nitrogens with one attached hydrogen (secondary N) is 2. The summed E-state index contributed by atoms with van der Waals surface area (Å²) in [6, 6.07) is 19.0. The first-order valence-electron chi connectivity index (χ1n) is 11.7. The van der Waals surface area contributed by atoms with Crippen molar-refractivity contribution in [2.75, 3.05) is 23.9 Å². The molecule has 1 aromatic carbocycles. The van der Waals surface area contributed by atoms with Gasteiger partial charge in [-0.1, -0.05) is 17.7 Å². The van der Waals surface area contributed by atoms with Crippen LogP contribution >= 0.6 is 23.8 Å². The van der Waals surface area contributed by atoms with E-state index in [2.05, 4.69) is 44.2 Å². The van der Waals surface area contributed by atoms with E-state index >= 15 is 0 Å². The van der Waals surface area contributed by atoms with E-state index in [9.17, 15) is 4.79 Å². The van der Waals surface area contributed by atoms with Gasteiger partial charge in [0, 0.05) is 36.6 Å². The van der Waals surface area contributed by atoms with Crippen LogP contribution in [0.3, 0.4) is 0 Å². The normalized spacial score (nSPS) is 17.1. The number of aromatic nitrogens is 3. The number of hydrogen-bond acceptors (Lipinski definition) is 5. The molecule has 4 aromatic rings. The molecule has 0 spiro atoms. The Labute approximate surface area is 225 Å². The lowest BCUT2D eigenvalue weighted by atomic mass is 10.0. The number of amides is 1. The molecule has 1 aliphatic rings. The number of carbonyl (C=O) groups excluding carboxylic acids is 1. The maximum absolute atomic E-state index is 12.0. The molecule has 1 amide bonds. The molecule has 0 unspecified atom stereocenters. The summed E-state index contributed by atoms with van der Waals surface area (Å²) in [7, 11) is 1.47. The van der Waals surface area contributed by atoms with Crippen LogP contribution in [0.5, 0.6) is 0 Å². The van der Waals surface area contributed by atoms with E-state index in [1.54, 1.807) is 24.5 Å². The third-order valence-corrected chi connectivity index (χ3v) is 6.82. The van der Waals surface area contributed by atoms with Gasteiger partial charge in [-0.25, -0.2) is 0 Å². The summed E-state index contributed by atoms with van der Waals surface area (Å²) in [5.41, 5.74) is 5.18. The Bertz CT molecular complexity index is 1430. The Morgan fingerprint density at radius 1 is 1.14 bits per heavy atom. The zero-order valence-electron chi connectivity index (χ0n) is 20.3. The predicted octanol–water partition coefficient (Wildman–Crippen LogP) is 4.99. The fourth-order valence-electron chi connectivity index (χ4n) is 4.63. The number of methoxy groups -OCH3 is 1. The fourth-order valence-corrected chi connectivity index (χ4v) is 5.20. The van der Waals surface area contributed by atoms with Crippen LogP contribution in [0.1, 0.15) is 29.2 Å². The number of rotatable bonds is 7. The fraction of sp³-hybridized carbons (Fsp3) is 0.185. The molecule has 8 nitrogen and oxygen atoms in total. The first-order chi connectivity index (χ1) is 18.0. The quantitative estimate of drug-likeness (QED) is 0.324. The maximum Gasteiger partial charge on any atom is 0.250 e. The third kappa shape index (κ3) is 4.93. The first-order valence-corrected chi connectivity index (χ1v) is 12.4. The molecule has 3 aromatic heterocycles. The number of nitrogens with zero attached hydrogens (tertiary/aromatic N) is 4. The van der Waals surface area contributed by atoms with Gasteiger partial charge in [0.05, 0.1) is 34.3 Å². The highest BCUT2D eigenvalue weighted by Crippen LogP contribution is 2.43. The summed E-state index contributed by atoms with van der Waals surface area (Å²) >= 11 is 12.5. The van der Waals surface area contributed by atoms with Crippen molar-refractivity contribution in [3.05, 3.63) is 101 Å². The third-order valence-electron chi connectivity index (χ3n) is 6.19. The van der Waals surface area contributed by atoms with Gasteiger partial charge in [-0.3, -0.25) is 14.8 Å². The molecule has 188 valence electrons. The van der Waals surface area contributed by atoms with E-state index in [0.29, 0.717) is 15.8 Å². The molecule has 1 fully saturated rings. The lowest BCUT2D eigenvalue weighted by molar-refractivity contribution is -0.119. The number of benzene rings is 1. The number of thiocarbonyl (C=S) groups is 1. The smallest absolute Gasteiger partial charge is 0.250 e. The van der Waals surface area contributed by atoms with Crippen molar-refractivity contribution >= 4 is 46.2 Å². The van der Waals surface area contributed by atoms with Gasteiger partial charge in [0.1, 0.15) is 12.6 Å². The van der Waals surface area contributed by atoms with Gasteiger partial charge < -0.3 is 24.8 Å². The minimum atomic E-state index is -0.284. The number of anilines is 2. The van der Waals surface area contributed by atoms with Gasteiger partial charge in [-0.2, -0.15) is 0 Å². The van der Waals surface area contributed by atoms with Crippen LogP contribution < -0.4 is 15.5 Å². The highest BCUT2D eigenvalue weighted by atomic mass is 35.5. The summed E-state index contributed by atoms with van der Waals surface area (Å²) in [6.45, 7) is 2.00. The van der Waals surface area contributed by atoms with Crippen molar-refractivity contribution in [2.45, 2.75) is 19.0 Å². The van der Waals surface area contributed by atoms with Gasteiger partial charge >= 0.3 is 0 Å². The average molecular weight is 533 g/mol. The molecular weight excluding hydrogens is 508 g/mol. The molecule has 10 heteroatoms. The van der Waals surface area contributed by atoms with Crippen molar-refractivity contribution in [1.29, 1.82) is 0 Å². The molecule has 0 aliphatic carbocycles. The van der Waals surface area contributed by atoms with E-state index in [0.717, 1.165) is 28.5 Å². The minimum absolute atomic E-state index is 0.0588. The molecule has 37 heavy (non-hydrogen) atoms. The molecule has 2 atom stereocenters. The van der Waals surface area contributed by atoms with Crippen LogP contribution in [0, 0.1) is 6.92 Å². The Hall–Kier alpha value is -3.79. The number of hydrogen-bond donors (Lipinski definition) is 2. The molecule has 0 bridgehead atoms. The van der Waals surface area contributed by atoms with Crippen LogP contribution in [-0.2, 0) is 9.53 Å². The number of ether oxygens (including phenoxy) is 1. The van der Waals surface area contributed by atoms with Crippen LogP contribution in [0.15, 0.2) is 79.3 Å². The van der Waals surface area contributed by atoms with Crippen molar-refractivity contribution in [2.24, 2.45) is 0 Å². The molecule has 4 heterocycles. The molecule has 1 aliphatic heterocycles. The Morgan fingerprint density at radius 3 is 2.70 bits per heavy atom. The second kappa shape index (κ2) is 10.7. The monoisotopic (exact) mass is 532 g/mol. The lowest BCUT2D eigenvalue weighted by Crippen LogP contribution is -2.30. The van der Waals surface area contributed by atoms with Gasteiger partial charge in [0.25, 0.3) is 0 Å². The standard InChI is InChI=1S/C27H25ClN6O2S/c1-17-8-11-23(33(17)19-6-5-12-29-15-19)26-25(22-7-3-4-13-30-22)32-27(37)34(26)18-9-10-21(20(28)14-18)31-24(35)16-36-2/h3-15,25-26H,16H2,1-2H3,(H,31,35)(H,32,37)/t25-,26+/m1/s1. The van der Waals surface area contributed by atoms with Gasteiger partial charge in [-0.05, 0) is 73.7 Å². The number of pyridine rings is 2. The van der Waals surface area contributed by atoms with Gasteiger partial charge in [0.15, 0.2) is 5.11 Å². The second-order valence-electron chi connectivity index (χ2n) is 8.59. The predicted molar refractivity (Wildman–Crippen MR) is 148 cm³/mol. The second-order valence-corrected chi connectivity index (χ2v) is 9.38. The highest BCUT2D eigenvalue weighted by Gasteiger charge is 2.42. The summed E-state index contributed by atoms with van der Waals surface area (Å²) in [6.07, 6.45) is 5.37. The Balaban J connectivity index is 1.61. The average Bonchev–Trinajstić information content (AvgIpc) is 3.45. The summed E-state index contributed by atoms with van der Waals surface area (Å²) in [5, 5.41) is 7.18. The minimum Gasteiger partial charge on any atom is -0.375 e. The molecular formula is C27H25ClN6O2S. The Morgan fingerprint density at radius 2 is 2.00 bits per heavy atom. The highest BCUT2D eigenvalue weighted by molar-refractivity contribution is 7.80. The van der Waals surface area contributed by atoms with Crippen LogP contribution in [0.25, 0.3) is 5.69 Å². The zero-order chi connectivity index (χ0) is 25.9. The largest absolute Gasteiger partial charge is 0.375 e. The molecule has 0 saturated carbocycles. The van der Waals surface area contributed by atoms with Crippen LogP contribution in [0.2, 0.25) is 5.02 Å². The van der Waals surface area contributed by atoms with Crippen LogP contribution in [-0.4, -0.2) is 39.3 Å².